The van der Waals surface area contributed by atoms with E-state index in [0.717, 1.165) is 0 Å². The van der Waals surface area contributed by atoms with Crippen molar-refractivity contribution >= 4 is 5.91 Å². The second-order valence-electron chi connectivity index (χ2n) is 1.54. The SMILES string of the molecule is CCC(ON)C(=O)NN. The van der Waals surface area contributed by atoms with Gasteiger partial charge in [0.25, 0.3) is 5.91 Å². The number of carbonyl (C=O) groups is 1. The van der Waals surface area contributed by atoms with Gasteiger partial charge in [0, 0.05) is 0 Å². The van der Waals surface area contributed by atoms with Gasteiger partial charge in [0.15, 0.2) is 6.10 Å². The summed E-state index contributed by atoms with van der Waals surface area (Å²) in [6.45, 7) is 1.77. The minimum absolute atomic E-state index is 0.403. The Labute approximate surface area is 53.3 Å². The van der Waals surface area contributed by atoms with Crippen LogP contribution in [0.25, 0.3) is 0 Å². The first-order chi connectivity index (χ1) is 4.26. The van der Waals surface area contributed by atoms with Crippen LogP contribution in [0.15, 0.2) is 0 Å². The lowest BCUT2D eigenvalue weighted by atomic mass is 10.3. The highest BCUT2D eigenvalue weighted by Crippen LogP contribution is 1.91. The summed E-state index contributed by atoms with van der Waals surface area (Å²) in [5.41, 5.74) is 1.92. The normalized spacial score (nSPS) is 12.8. The van der Waals surface area contributed by atoms with E-state index < -0.39 is 12.0 Å². The fourth-order valence-corrected chi connectivity index (χ4v) is 0.436. The molecule has 0 aliphatic heterocycles. The van der Waals surface area contributed by atoms with Gasteiger partial charge in [0.05, 0.1) is 0 Å². The summed E-state index contributed by atoms with van der Waals surface area (Å²) in [4.78, 5) is 14.8. The van der Waals surface area contributed by atoms with Gasteiger partial charge in [-0.25, -0.2) is 11.7 Å². The van der Waals surface area contributed by atoms with Crippen LogP contribution in [0.4, 0.5) is 0 Å². The van der Waals surface area contributed by atoms with E-state index in [1.807, 2.05) is 5.43 Å². The molecule has 1 unspecified atom stereocenters. The van der Waals surface area contributed by atoms with Gasteiger partial charge < -0.3 is 0 Å². The van der Waals surface area contributed by atoms with E-state index >= 15 is 0 Å². The lowest BCUT2D eigenvalue weighted by Crippen LogP contribution is -2.41. The maximum Gasteiger partial charge on any atom is 0.265 e. The number of nitrogens with one attached hydrogen (secondary N) is 1. The van der Waals surface area contributed by atoms with Crippen LogP contribution in [-0.4, -0.2) is 12.0 Å². The van der Waals surface area contributed by atoms with Crippen molar-refractivity contribution in [2.45, 2.75) is 19.4 Å². The minimum atomic E-state index is -0.630. The van der Waals surface area contributed by atoms with Gasteiger partial charge in [-0.2, -0.15) is 0 Å². The van der Waals surface area contributed by atoms with Crippen LogP contribution in [0.5, 0.6) is 0 Å². The van der Waals surface area contributed by atoms with Gasteiger partial charge in [-0.3, -0.25) is 15.1 Å². The van der Waals surface area contributed by atoms with Crippen LogP contribution in [0, 0.1) is 0 Å². The minimum Gasteiger partial charge on any atom is -0.292 e. The van der Waals surface area contributed by atoms with Crippen molar-refractivity contribution in [3.8, 4) is 0 Å². The first kappa shape index (κ1) is 8.35. The molecule has 54 valence electrons. The average Bonchev–Trinajstić information content (AvgIpc) is 1.90. The zero-order valence-corrected chi connectivity index (χ0v) is 5.26. The van der Waals surface area contributed by atoms with Crippen LogP contribution in [0.1, 0.15) is 13.3 Å². The molecule has 0 saturated heterocycles. The molecule has 0 rings (SSSR count). The second-order valence-corrected chi connectivity index (χ2v) is 1.54. The van der Waals surface area contributed by atoms with Crippen molar-refractivity contribution in [2.24, 2.45) is 11.7 Å². The fourth-order valence-electron chi connectivity index (χ4n) is 0.436. The number of hydrogen-bond donors (Lipinski definition) is 3. The third-order valence-corrected chi connectivity index (χ3v) is 0.970. The summed E-state index contributed by atoms with van der Waals surface area (Å²) in [5, 5.41) is 0. The lowest BCUT2D eigenvalue weighted by molar-refractivity contribution is -0.133. The predicted octanol–water partition coefficient (Wildman–Crippen LogP) is -1.35. The lowest BCUT2D eigenvalue weighted by Gasteiger charge is -2.08. The topological polar surface area (TPSA) is 90.4 Å². The Balaban J connectivity index is 3.64. The van der Waals surface area contributed by atoms with Crippen molar-refractivity contribution in [2.75, 3.05) is 0 Å². The zero-order valence-electron chi connectivity index (χ0n) is 5.26. The molecule has 0 bridgehead atoms. The van der Waals surface area contributed by atoms with Crippen LogP contribution >= 0.6 is 0 Å². The Morgan fingerprint density at radius 1 is 1.89 bits per heavy atom. The molecule has 1 amide bonds. The van der Waals surface area contributed by atoms with Crippen molar-refractivity contribution < 1.29 is 9.63 Å². The standard InChI is InChI=1S/C4H11N3O2/c1-2-3(9-6)4(8)7-5/h3H,2,5-6H2,1H3,(H,7,8). The first-order valence-electron chi connectivity index (χ1n) is 2.62. The van der Waals surface area contributed by atoms with Gasteiger partial charge in [0.2, 0.25) is 0 Å². The molecule has 0 aromatic heterocycles. The molecule has 0 aromatic carbocycles. The Kier molecular flexibility index (Phi) is 3.94. The first-order valence-corrected chi connectivity index (χ1v) is 2.62. The fraction of sp³-hybridized carbons (Fsp3) is 0.750. The summed E-state index contributed by atoms with van der Waals surface area (Å²) in [6, 6.07) is 0. The number of hydrogen-bond acceptors (Lipinski definition) is 4. The smallest absolute Gasteiger partial charge is 0.265 e. The zero-order chi connectivity index (χ0) is 7.28. The predicted molar refractivity (Wildman–Crippen MR) is 31.7 cm³/mol. The van der Waals surface area contributed by atoms with Crippen LogP contribution in [-0.2, 0) is 9.63 Å². The van der Waals surface area contributed by atoms with E-state index in [1.54, 1.807) is 6.92 Å². The number of hydrazine groups is 1. The maximum atomic E-state index is 10.5. The molecule has 0 fully saturated rings. The molecule has 5 N–H and O–H groups in total. The molecule has 0 aliphatic rings. The molecule has 5 nitrogen and oxygen atoms in total. The van der Waals surface area contributed by atoms with E-state index in [1.165, 1.54) is 0 Å². The van der Waals surface area contributed by atoms with Gasteiger partial charge in [-0.05, 0) is 6.42 Å². The van der Waals surface area contributed by atoms with Gasteiger partial charge >= 0.3 is 0 Å². The Hall–Kier alpha value is -0.650. The third-order valence-electron chi connectivity index (χ3n) is 0.970. The molecule has 0 spiro atoms. The van der Waals surface area contributed by atoms with Crippen LogP contribution in [0.2, 0.25) is 0 Å². The molecule has 0 heterocycles. The van der Waals surface area contributed by atoms with Crippen molar-refractivity contribution in [3.05, 3.63) is 0 Å². The van der Waals surface area contributed by atoms with E-state index in [4.69, 9.17) is 11.7 Å². The summed E-state index contributed by atoms with van der Waals surface area (Å²) in [6.07, 6.45) is -0.116. The molecule has 1 atom stereocenters. The summed E-state index contributed by atoms with van der Waals surface area (Å²) < 4.78 is 0. The van der Waals surface area contributed by atoms with Crippen LogP contribution in [0.3, 0.4) is 0 Å². The highest BCUT2D eigenvalue weighted by atomic mass is 16.6. The molecular weight excluding hydrogens is 122 g/mol. The van der Waals surface area contributed by atoms with E-state index in [9.17, 15) is 4.79 Å². The Bertz CT molecular complexity index is 91.8. The van der Waals surface area contributed by atoms with Crippen molar-refractivity contribution in [1.29, 1.82) is 0 Å². The van der Waals surface area contributed by atoms with Crippen molar-refractivity contribution in [1.82, 2.24) is 5.43 Å². The molecule has 0 saturated carbocycles. The molecule has 0 aliphatic carbocycles. The summed E-state index contributed by atoms with van der Waals surface area (Å²) >= 11 is 0. The monoisotopic (exact) mass is 133 g/mol. The van der Waals surface area contributed by atoms with Gasteiger partial charge in [0.1, 0.15) is 0 Å². The quantitative estimate of drug-likeness (QED) is 0.252. The third kappa shape index (κ3) is 2.41. The largest absolute Gasteiger partial charge is 0.292 e. The van der Waals surface area contributed by atoms with E-state index in [-0.39, 0.29) is 0 Å². The molecule has 0 radical (unpaired) electrons. The van der Waals surface area contributed by atoms with Gasteiger partial charge in [-0.15, -0.1) is 0 Å². The number of amides is 1. The molecule has 0 aromatic rings. The highest BCUT2D eigenvalue weighted by Gasteiger charge is 2.13. The molecule has 9 heavy (non-hydrogen) atoms. The number of nitrogens with two attached hydrogens (primary N) is 2. The van der Waals surface area contributed by atoms with Gasteiger partial charge in [-0.1, -0.05) is 6.92 Å². The van der Waals surface area contributed by atoms with Crippen molar-refractivity contribution in [3.63, 3.8) is 0 Å². The number of carbonyl (C=O) groups excluding carboxylic acids is 1. The van der Waals surface area contributed by atoms with Crippen LogP contribution < -0.4 is 17.2 Å². The number of rotatable bonds is 3. The average molecular weight is 133 g/mol. The van der Waals surface area contributed by atoms with E-state index in [0.29, 0.717) is 6.42 Å². The summed E-state index contributed by atoms with van der Waals surface area (Å²) in [7, 11) is 0. The maximum absolute atomic E-state index is 10.5. The Morgan fingerprint density at radius 3 is 2.56 bits per heavy atom. The Morgan fingerprint density at radius 2 is 2.44 bits per heavy atom. The molecular formula is C4H11N3O2. The molecule has 5 heteroatoms. The second kappa shape index (κ2) is 4.25. The highest BCUT2D eigenvalue weighted by molar-refractivity contribution is 5.79. The van der Waals surface area contributed by atoms with E-state index in [2.05, 4.69) is 4.84 Å². The summed E-state index contributed by atoms with van der Waals surface area (Å²) in [5.74, 6) is 9.13.